The first-order valence-corrected chi connectivity index (χ1v) is 11.1. The number of aromatic hydroxyl groups is 2. The van der Waals surface area contributed by atoms with Crippen LogP contribution in [0.2, 0.25) is 0 Å². The van der Waals surface area contributed by atoms with Gasteiger partial charge in [-0.2, -0.15) is 0 Å². The molecule has 2 atom stereocenters. The molecule has 0 aliphatic carbocycles. The molecule has 0 amide bonds. The Labute approximate surface area is 198 Å². The fourth-order valence-electron chi connectivity index (χ4n) is 3.87. The molecule has 34 heavy (non-hydrogen) atoms. The number of ether oxygens (including phenoxy) is 2. The molecular weight excluding hydrogens is 428 g/mol. The highest BCUT2D eigenvalue weighted by Gasteiger charge is 2.26. The van der Waals surface area contributed by atoms with E-state index in [1.165, 1.54) is 0 Å². The first-order chi connectivity index (χ1) is 16.6. The molecule has 0 fully saturated rings. The normalized spacial score (nSPS) is 12.5. The van der Waals surface area contributed by atoms with Crippen molar-refractivity contribution in [1.29, 1.82) is 0 Å². The number of carbonyl (C=O) groups is 1. The van der Waals surface area contributed by atoms with E-state index >= 15 is 0 Å². The maximum Gasteiger partial charge on any atom is 0.509 e. The average molecular weight is 455 g/mol. The maximum absolute atomic E-state index is 13.0. The van der Waals surface area contributed by atoms with Crippen molar-refractivity contribution >= 4 is 6.16 Å². The van der Waals surface area contributed by atoms with Crippen LogP contribution in [0.3, 0.4) is 0 Å². The van der Waals surface area contributed by atoms with Crippen molar-refractivity contribution in [1.82, 2.24) is 0 Å². The van der Waals surface area contributed by atoms with Crippen LogP contribution >= 0.6 is 0 Å². The molecule has 0 aromatic heterocycles. The molecule has 0 saturated heterocycles. The predicted octanol–water partition coefficient (Wildman–Crippen LogP) is 6.52. The summed E-state index contributed by atoms with van der Waals surface area (Å²) in [5.41, 5.74) is 2.88. The van der Waals surface area contributed by atoms with E-state index in [-0.39, 0.29) is 11.5 Å². The molecule has 0 aliphatic heterocycles. The monoisotopic (exact) mass is 454 g/mol. The van der Waals surface area contributed by atoms with Gasteiger partial charge in [0.1, 0.15) is 23.7 Å². The lowest BCUT2D eigenvalue weighted by Gasteiger charge is -2.23. The Kier molecular flexibility index (Phi) is 7.45. The molecule has 172 valence electrons. The molecule has 4 aromatic carbocycles. The third kappa shape index (κ3) is 5.95. The Hall–Kier alpha value is -4.25. The number of para-hydroxylation sites is 2. The zero-order valence-corrected chi connectivity index (χ0v) is 18.6. The van der Waals surface area contributed by atoms with Crippen LogP contribution in [0.25, 0.3) is 0 Å². The predicted molar refractivity (Wildman–Crippen MR) is 130 cm³/mol. The standard InChI is InChI=1S/C29H26O5/c30-25-17-9-7-15-23(25)27(19-21-11-3-1-4-12-21)33-29(32)34-28(20-22-13-5-2-6-14-22)24-16-8-10-18-26(24)31/h1-18,27-28,30-31H,19-20H2. The summed E-state index contributed by atoms with van der Waals surface area (Å²) in [4.78, 5) is 13.0. The smallest absolute Gasteiger partial charge is 0.508 e. The number of rotatable bonds is 8. The highest BCUT2D eigenvalue weighted by molar-refractivity contribution is 5.61. The molecule has 5 nitrogen and oxygen atoms in total. The summed E-state index contributed by atoms with van der Waals surface area (Å²) in [6, 6.07) is 32.7. The van der Waals surface area contributed by atoms with Crippen molar-refractivity contribution in [2.75, 3.05) is 0 Å². The van der Waals surface area contributed by atoms with Gasteiger partial charge >= 0.3 is 6.16 Å². The molecule has 2 N–H and O–H groups in total. The van der Waals surface area contributed by atoms with E-state index in [0.29, 0.717) is 24.0 Å². The average Bonchev–Trinajstić information content (AvgIpc) is 2.85. The summed E-state index contributed by atoms with van der Waals surface area (Å²) in [5.74, 6) is 0.0792. The van der Waals surface area contributed by atoms with Gasteiger partial charge in [-0.25, -0.2) is 4.79 Å². The minimum Gasteiger partial charge on any atom is -0.508 e. The zero-order valence-electron chi connectivity index (χ0n) is 18.6. The molecule has 4 aromatic rings. The van der Waals surface area contributed by atoms with Gasteiger partial charge in [0.15, 0.2) is 0 Å². The topological polar surface area (TPSA) is 76.0 Å². The van der Waals surface area contributed by atoms with Crippen LogP contribution in [0.4, 0.5) is 4.79 Å². The molecule has 0 bridgehead atoms. The van der Waals surface area contributed by atoms with Crippen molar-refractivity contribution < 1.29 is 24.5 Å². The molecule has 0 aliphatic rings. The highest BCUT2D eigenvalue weighted by atomic mass is 16.7. The van der Waals surface area contributed by atoms with E-state index in [4.69, 9.17) is 9.47 Å². The maximum atomic E-state index is 13.0. The van der Waals surface area contributed by atoms with E-state index in [1.54, 1.807) is 48.5 Å². The Morgan fingerprint density at radius 2 is 0.912 bits per heavy atom. The van der Waals surface area contributed by atoms with E-state index in [2.05, 4.69) is 0 Å². The highest BCUT2D eigenvalue weighted by Crippen LogP contribution is 2.33. The van der Waals surface area contributed by atoms with Gasteiger partial charge in [-0.15, -0.1) is 0 Å². The zero-order chi connectivity index (χ0) is 23.8. The van der Waals surface area contributed by atoms with Crippen LogP contribution in [0.1, 0.15) is 34.5 Å². The van der Waals surface area contributed by atoms with E-state index in [1.807, 2.05) is 60.7 Å². The van der Waals surface area contributed by atoms with Crippen molar-refractivity contribution in [3.05, 3.63) is 131 Å². The number of phenols is 2. The second-order valence-electron chi connectivity index (χ2n) is 7.96. The minimum atomic E-state index is -0.881. The van der Waals surface area contributed by atoms with Gasteiger partial charge in [0, 0.05) is 24.0 Å². The minimum absolute atomic E-state index is 0.0396. The number of hydrogen-bond acceptors (Lipinski definition) is 5. The third-order valence-corrected chi connectivity index (χ3v) is 5.57. The molecular formula is C29H26O5. The number of carbonyl (C=O) groups excluding carboxylic acids is 1. The molecule has 4 rings (SSSR count). The quantitative estimate of drug-likeness (QED) is 0.297. The van der Waals surface area contributed by atoms with Crippen molar-refractivity contribution in [2.45, 2.75) is 25.0 Å². The first-order valence-electron chi connectivity index (χ1n) is 11.1. The van der Waals surface area contributed by atoms with Crippen LogP contribution in [0.5, 0.6) is 11.5 Å². The Balaban J connectivity index is 1.57. The summed E-state index contributed by atoms with van der Waals surface area (Å²) < 4.78 is 11.5. The van der Waals surface area contributed by atoms with Gasteiger partial charge < -0.3 is 19.7 Å². The van der Waals surface area contributed by atoms with Gasteiger partial charge in [-0.05, 0) is 23.3 Å². The van der Waals surface area contributed by atoms with Gasteiger partial charge in [-0.3, -0.25) is 0 Å². The van der Waals surface area contributed by atoms with Crippen molar-refractivity contribution in [3.8, 4) is 11.5 Å². The molecule has 0 saturated carbocycles. The second kappa shape index (κ2) is 11.1. The summed E-state index contributed by atoms with van der Waals surface area (Å²) >= 11 is 0. The van der Waals surface area contributed by atoms with Crippen LogP contribution < -0.4 is 0 Å². The summed E-state index contributed by atoms with van der Waals surface area (Å²) in [6.45, 7) is 0. The van der Waals surface area contributed by atoms with Gasteiger partial charge in [-0.1, -0.05) is 97.1 Å². The van der Waals surface area contributed by atoms with Crippen LogP contribution in [0.15, 0.2) is 109 Å². The second-order valence-corrected chi connectivity index (χ2v) is 7.96. The summed E-state index contributed by atoms with van der Waals surface area (Å²) in [6.07, 6.45) is -1.65. The van der Waals surface area contributed by atoms with Crippen LogP contribution in [0, 0.1) is 0 Å². The molecule has 0 radical (unpaired) electrons. The first kappa shape index (κ1) is 22.9. The van der Waals surface area contributed by atoms with E-state index in [0.717, 1.165) is 11.1 Å². The summed E-state index contributed by atoms with van der Waals surface area (Å²) in [7, 11) is 0. The Bertz CT molecular complexity index is 1110. The number of benzene rings is 4. The summed E-state index contributed by atoms with van der Waals surface area (Å²) in [5, 5.41) is 20.8. The van der Waals surface area contributed by atoms with Crippen molar-refractivity contribution in [2.24, 2.45) is 0 Å². The van der Waals surface area contributed by atoms with Crippen molar-refractivity contribution in [3.63, 3.8) is 0 Å². The molecule has 0 heterocycles. The lowest BCUT2D eigenvalue weighted by atomic mass is 10.0. The van der Waals surface area contributed by atoms with Gasteiger partial charge in [0.25, 0.3) is 0 Å². The number of hydrogen-bond donors (Lipinski definition) is 2. The SMILES string of the molecule is O=C(OC(Cc1ccccc1)c1ccccc1O)OC(Cc1ccccc1)c1ccccc1O. The Morgan fingerprint density at radius 3 is 1.29 bits per heavy atom. The fourth-order valence-corrected chi connectivity index (χ4v) is 3.87. The van der Waals surface area contributed by atoms with E-state index in [9.17, 15) is 15.0 Å². The van der Waals surface area contributed by atoms with Gasteiger partial charge in [0.2, 0.25) is 0 Å². The van der Waals surface area contributed by atoms with Crippen LogP contribution in [-0.2, 0) is 22.3 Å². The third-order valence-electron chi connectivity index (χ3n) is 5.57. The lowest BCUT2D eigenvalue weighted by molar-refractivity contribution is -0.00396. The molecule has 2 unspecified atom stereocenters. The largest absolute Gasteiger partial charge is 0.509 e. The van der Waals surface area contributed by atoms with Crippen LogP contribution in [-0.4, -0.2) is 16.4 Å². The molecule has 5 heteroatoms. The fraction of sp³-hybridized carbons (Fsp3) is 0.138. The molecule has 0 spiro atoms. The Morgan fingerprint density at radius 1 is 0.559 bits per heavy atom. The number of phenolic OH excluding ortho intramolecular Hbond substituents is 2. The lowest BCUT2D eigenvalue weighted by Crippen LogP contribution is -2.19. The van der Waals surface area contributed by atoms with E-state index < -0.39 is 18.4 Å². The van der Waals surface area contributed by atoms with Gasteiger partial charge in [0.05, 0.1) is 0 Å².